The molecule has 2 atom stereocenters. The van der Waals surface area contributed by atoms with Gasteiger partial charge in [0.1, 0.15) is 29.4 Å². The second-order valence-corrected chi connectivity index (χ2v) is 8.57. The Kier molecular flexibility index (Phi) is 7.60. The molecule has 0 aliphatic heterocycles. The van der Waals surface area contributed by atoms with E-state index in [0.717, 1.165) is 22.7 Å². The van der Waals surface area contributed by atoms with E-state index in [4.69, 9.17) is 9.47 Å². The van der Waals surface area contributed by atoms with Crippen molar-refractivity contribution >= 4 is 28.3 Å². The van der Waals surface area contributed by atoms with Crippen molar-refractivity contribution in [3.8, 4) is 17.2 Å². The first-order valence-electron chi connectivity index (χ1n) is 11.6. The number of ether oxygens (including phenoxy) is 2. The molecule has 2 aromatic heterocycles. The average molecular weight is 488 g/mol. The number of nitrogens with one attached hydrogen (secondary N) is 2. The molecule has 0 bridgehead atoms. The van der Waals surface area contributed by atoms with Crippen LogP contribution in [0.1, 0.15) is 25.1 Å². The largest absolute Gasteiger partial charge is 0.480 e. The highest BCUT2D eigenvalue weighted by Gasteiger charge is 2.19. The highest BCUT2D eigenvalue weighted by molar-refractivity contribution is 5.96. The molecule has 0 fully saturated rings. The lowest BCUT2D eigenvalue weighted by Crippen LogP contribution is -2.42. The number of amides is 1. The SMILES string of the molecule is Cc1ccc(Oc2ccc(Nc3ncnc4cccc(O[C@H](C)C(=O)NC(C)CO)c34)cc2C)cn1. The van der Waals surface area contributed by atoms with E-state index in [1.807, 2.05) is 56.3 Å². The van der Waals surface area contributed by atoms with Crippen molar-refractivity contribution < 1.29 is 19.4 Å². The van der Waals surface area contributed by atoms with Crippen LogP contribution in [0.5, 0.6) is 17.2 Å². The Hall–Kier alpha value is -4.24. The van der Waals surface area contributed by atoms with Gasteiger partial charge in [-0.3, -0.25) is 9.78 Å². The van der Waals surface area contributed by atoms with Crippen LogP contribution in [0.2, 0.25) is 0 Å². The Balaban J connectivity index is 1.57. The summed E-state index contributed by atoms with van der Waals surface area (Å²) in [5, 5.41) is 15.9. The van der Waals surface area contributed by atoms with E-state index in [9.17, 15) is 9.90 Å². The number of carbonyl (C=O) groups is 1. The third-order valence-corrected chi connectivity index (χ3v) is 5.51. The van der Waals surface area contributed by atoms with Crippen LogP contribution in [0, 0.1) is 13.8 Å². The summed E-state index contributed by atoms with van der Waals surface area (Å²) in [6, 6.07) is 14.6. The van der Waals surface area contributed by atoms with Gasteiger partial charge in [-0.05, 0) is 75.7 Å². The molecule has 36 heavy (non-hydrogen) atoms. The van der Waals surface area contributed by atoms with Gasteiger partial charge in [-0.15, -0.1) is 0 Å². The number of nitrogens with zero attached hydrogens (tertiary/aromatic N) is 3. The van der Waals surface area contributed by atoms with Crippen LogP contribution in [-0.4, -0.2) is 44.7 Å². The van der Waals surface area contributed by atoms with Gasteiger partial charge in [-0.1, -0.05) is 6.07 Å². The Bertz CT molecular complexity index is 1360. The first kappa shape index (κ1) is 24.9. The number of hydrogen-bond acceptors (Lipinski definition) is 8. The predicted molar refractivity (Wildman–Crippen MR) is 138 cm³/mol. The molecule has 0 spiro atoms. The van der Waals surface area contributed by atoms with Crippen LogP contribution in [0.4, 0.5) is 11.5 Å². The maximum atomic E-state index is 12.4. The summed E-state index contributed by atoms with van der Waals surface area (Å²) < 4.78 is 12.0. The Morgan fingerprint density at radius 1 is 1.03 bits per heavy atom. The molecule has 0 saturated heterocycles. The number of carbonyl (C=O) groups excluding carboxylic acids is 1. The molecule has 1 unspecified atom stereocenters. The van der Waals surface area contributed by atoms with Gasteiger partial charge in [-0.25, -0.2) is 9.97 Å². The molecule has 4 rings (SSSR count). The number of aliphatic hydroxyl groups is 1. The second-order valence-electron chi connectivity index (χ2n) is 8.57. The van der Waals surface area contributed by atoms with Crippen molar-refractivity contribution in [3.05, 3.63) is 72.3 Å². The van der Waals surface area contributed by atoms with Gasteiger partial charge >= 0.3 is 0 Å². The van der Waals surface area contributed by atoms with Gasteiger partial charge in [0.05, 0.1) is 23.7 Å². The number of fused-ring (bicyclic) bond motifs is 1. The van der Waals surface area contributed by atoms with Crippen LogP contribution in [0.15, 0.2) is 61.1 Å². The normalized spacial score (nSPS) is 12.6. The topological polar surface area (TPSA) is 118 Å². The van der Waals surface area contributed by atoms with E-state index in [1.54, 1.807) is 26.1 Å². The number of aryl methyl sites for hydroxylation is 2. The number of rotatable bonds is 9. The van der Waals surface area contributed by atoms with E-state index >= 15 is 0 Å². The molecule has 0 radical (unpaired) electrons. The molecule has 3 N–H and O–H groups in total. The molecule has 2 aromatic carbocycles. The molecule has 0 saturated carbocycles. The summed E-state index contributed by atoms with van der Waals surface area (Å²) in [6.07, 6.45) is 2.39. The van der Waals surface area contributed by atoms with Gasteiger partial charge in [-0.2, -0.15) is 0 Å². The van der Waals surface area contributed by atoms with Crippen molar-refractivity contribution in [2.45, 2.75) is 39.8 Å². The molecule has 9 heteroatoms. The first-order valence-corrected chi connectivity index (χ1v) is 11.6. The van der Waals surface area contributed by atoms with Gasteiger partial charge in [0, 0.05) is 17.4 Å². The van der Waals surface area contributed by atoms with Crippen molar-refractivity contribution in [1.29, 1.82) is 0 Å². The summed E-state index contributed by atoms with van der Waals surface area (Å²) in [5.41, 5.74) is 3.33. The van der Waals surface area contributed by atoms with Gasteiger partial charge < -0.3 is 25.2 Å². The molecule has 4 aromatic rings. The maximum Gasteiger partial charge on any atom is 0.261 e. The molecule has 2 heterocycles. The van der Waals surface area contributed by atoms with E-state index in [2.05, 4.69) is 25.6 Å². The van der Waals surface area contributed by atoms with Crippen molar-refractivity contribution in [1.82, 2.24) is 20.3 Å². The number of aliphatic hydroxyl groups excluding tert-OH is 1. The molecular formula is C27H29N5O4. The quantitative estimate of drug-likeness (QED) is 0.317. The minimum absolute atomic E-state index is 0.153. The highest BCUT2D eigenvalue weighted by Crippen LogP contribution is 2.33. The van der Waals surface area contributed by atoms with Gasteiger partial charge in [0.2, 0.25) is 0 Å². The van der Waals surface area contributed by atoms with Crippen molar-refractivity contribution in [2.24, 2.45) is 0 Å². The fourth-order valence-electron chi connectivity index (χ4n) is 3.54. The molecule has 0 aliphatic rings. The second kappa shape index (κ2) is 11.0. The Morgan fingerprint density at radius 3 is 2.58 bits per heavy atom. The van der Waals surface area contributed by atoms with Crippen molar-refractivity contribution in [2.75, 3.05) is 11.9 Å². The molecule has 1 amide bonds. The summed E-state index contributed by atoms with van der Waals surface area (Å²) in [4.78, 5) is 25.5. The number of benzene rings is 2. The summed E-state index contributed by atoms with van der Waals surface area (Å²) in [5.74, 6) is 2.08. The van der Waals surface area contributed by atoms with E-state index < -0.39 is 6.10 Å². The monoisotopic (exact) mass is 487 g/mol. The fraction of sp³-hybridized carbons (Fsp3) is 0.259. The minimum atomic E-state index is -0.785. The predicted octanol–water partition coefficient (Wildman–Crippen LogP) is 4.44. The standard InChI is InChI=1S/C27H29N5O4/c1-16-12-20(9-11-23(16)36-21-10-8-17(2)28-13-21)32-26-25-22(29-15-30-26)6-5-7-24(25)35-19(4)27(34)31-18(3)14-33/h5-13,15,18-19,33H,14H2,1-4H3,(H,31,34)(H,29,30,32)/t18?,19-/m1/s1. The van der Waals surface area contributed by atoms with Crippen LogP contribution in [-0.2, 0) is 4.79 Å². The number of pyridine rings is 1. The third-order valence-electron chi connectivity index (χ3n) is 5.51. The van der Waals surface area contributed by atoms with Gasteiger partial charge in [0.15, 0.2) is 6.10 Å². The van der Waals surface area contributed by atoms with Crippen LogP contribution >= 0.6 is 0 Å². The van der Waals surface area contributed by atoms with E-state index in [-0.39, 0.29) is 18.6 Å². The molecule has 186 valence electrons. The molecule has 0 aliphatic carbocycles. The number of hydrogen-bond donors (Lipinski definition) is 3. The Labute approximate surface area is 209 Å². The number of anilines is 2. The molecular weight excluding hydrogens is 458 g/mol. The fourth-order valence-corrected chi connectivity index (χ4v) is 3.54. The lowest BCUT2D eigenvalue weighted by molar-refractivity contribution is -0.128. The zero-order chi connectivity index (χ0) is 25.7. The average Bonchev–Trinajstić information content (AvgIpc) is 2.87. The summed E-state index contributed by atoms with van der Waals surface area (Å²) in [6.45, 7) is 7.10. The van der Waals surface area contributed by atoms with Crippen molar-refractivity contribution in [3.63, 3.8) is 0 Å². The summed E-state index contributed by atoms with van der Waals surface area (Å²) >= 11 is 0. The lowest BCUT2D eigenvalue weighted by atomic mass is 10.1. The third kappa shape index (κ3) is 5.87. The maximum absolute atomic E-state index is 12.4. The van der Waals surface area contributed by atoms with Crippen LogP contribution in [0.25, 0.3) is 10.9 Å². The first-order chi connectivity index (χ1) is 17.3. The van der Waals surface area contributed by atoms with E-state index in [0.29, 0.717) is 28.2 Å². The van der Waals surface area contributed by atoms with Crippen LogP contribution < -0.4 is 20.1 Å². The Morgan fingerprint density at radius 2 is 1.86 bits per heavy atom. The van der Waals surface area contributed by atoms with Gasteiger partial charge in [0.25, 0.3) is 5.91 Å². The zero-order valence-corrected chi connectivity index (χ0v) is 20.6. The smallest absolute Gasteiger partial charge is 0.261 e. The summed E-state index contributed by atoms with van der Waals surface area (Å²) in [7, 11) is 0. The highest BCUT2D eigenvalue weighted by atomic mass is 16.5. The number of aromatic nitrogens is 3. The van der Waals surface area contributed by atoms with E-state index in [1.165, 1.54) is 6.33 Å². The molecule has 9 nitrogen and oxygen atoms in total. The minimum Gasteiger partial charge on any atom is -0.480 e. The lowest BCUT2D eigenvalue weighted by Gasteiger charge is -2.19. The van der Waals surface area contributed by atoms with Crippen LogP contribution in [0.3, 0.4) is 0 Å². The zero-order valence-electron chi connectivity index (χ0n) is 20.6.